The molecule has 0 aliphatic heterocycles. The van der Waals surface area contributed by atoms with E-state index in [-0.39, 0.29) is 0 Å². The van der Waals surface area contributed by atoms with E-state index < -0.39 is 0 Å². The topological polar surface area (TPSA) is 22.8 Å². The zero-order valence-corrected chi connectivity index (χ0v) is 27.4. The van der Waals surface area contributed by atoms with Gasteiger partial charge in [-0.25, -0.2) is 0 Å². The normalized spacial score (nSPS) is 13.1. The molecular weight excluding hydrogens is 615 g/mol. The number of rotatable bonds is 3. The number of para-hydroxylation sites is 3. The zero-order chi connectivity index (χ0) is 32.1. The Balaban J connectivity index is 1.10. The number of aryl methyl sites for hydroxylation is 1. The third kappa shape index (κ3) is 3.92. The highest BCUT2D eigenvalue weighted by Crippen LogP contribution is 2.42. The molecule has 230 valence electrons. The summed E-state index contributed by atoms with van der Waals surface area (Å²) >= 11 is 1.91. The first-order valence-electron chi connectivity index (χ1n) is 16.9. The number of pyridine rings is 1. The quantitative estimate of drug-likeness (QED) is 0.188. The second-order valence-corrected chi connectivity index (χ2v) is 14.1. The van der Waals surface area contributed by atoms with E-state index in [0.717, 1.165) is 35.0 Å². The Labute approximate surface area is 286 Å². The van der Waals surface area contributed by atoms with Crippen LogP contribution in [-0.4, -0.2) is 14.1 Å². The molecule has 4 heterocycles. The van der Waals surface area contributed by atoms with Gasteiger partial charge in [0.2, 0.25) is 0 Å². The molecular formula is C45H29N3S. The van der Waals surface area contributed by atoms with Crippen LogP contribution in [0.1, 0.15) is 16.9 Å². The highest BCUT2D eigenvalue weighted by Gasteiger charge is 2.18. The van der Waals surface area contributed by atoms with Crippen molar-refractivity contribution in [2.24, 2.45) is 0 Å². The molecule has 0 saturated carbocycles. The van der Waals surface area contributed by atoms with Crippen molar-refractivity contribution in [2.75, 3.05) is 0 Å². The number of fused-ring (bicyclic) bond motifs is 10. The molecule has 0 amide bonds. The maximum absolute atomic E-state index is 4.96. The molecule has 0 radical (unpaired) electrons. The van der Waals surface area contributed by atoms with Gasteiger partial charge in [0, 0.05) is 65.2 Å². The van der Waals surface area contributed by atoms with Gasteiger partial charge in [0.15, 0.2) is 0 Å². The Morgan fingerprint density at radius 2 is 1.18 bits per heavy atom. The Morgan fingerprint density at radius 3 is 1.94 bits per heavy atom. The van der Waals surface area contributed by atoms with Gasteiger partial charge >= 0.3 is 0 Å². The van der Waals surface area contributed by atoms with Crippen LogP contribution in [0.2, 0.25) is 0 Å². The van der Waals surface area contributed by atoms with E-state index >= 15 is 0 Å². The van der Waals surface area contributed by atoms with Crippen LogP contribution in [0.5, 0.6) is 0 Å². The van der Waals surface area contributed by atoms with E-state index in [0.29, 0.717) is 0 Å². The van der Waals surface area contributed by atoms with Gasteiger partial charge in [0.05, 0.1) is 27.6 Å². The summed E-state index contributed by atoms with van der Waals surface area (Å²) in [7, 11) is 0. The molecule has 1 aliphatic rings. The van der Waals surface area contributed by atoms with Gasteiger partial charge in [-0.3, -0.25) is 4.98 Å². The summed E-state index contributed by atoms with van der Waals surface area (Å²) in [6.07, 6.45) is 8.88. The number of thiophene rings is 1. The first kappa shape index (κ1) is 27.0. The van der Waals surface area contributed by atoms with Crippen molar-refractivity contribution in [1.29, 1.82) is 0 Å². The molecule has 0 bridgehead atoms. The summed E-state index contributed by atoms with van der Waals surface area (Å²) in [4.78, 5) is 6.36. The monoisotopic (exact) mass is 643 g/mol. The van der Waals surface area contributed by atoms with E-state index in [4.69, 9.17) is 4.98 Å². The summed E-state index contributed by atoms with van der Waals surface area (Å²) in [5.74, 6) is 0. The maximum atomic E-state index is 4.96. The minimum Gasteiger partial charge on any atom is -0.309 e. The lowest BCUT2D eigenvalue weighted by Crippen LogP contribution is -1.96. The summed E-state index contributed by atoms with van der Waals surface area (Å²) < 4.78 is 6.17. The van der Waals surface area contributed by atoms with Crippen molar-refractivity contribution in [3.05, 3.63) is 156 Å². The average Bonchev–Trinajstić information content (AvgIpc) is 3.82. The smallest absolute Gasteiger partial charge is 0.0703 e. The summed E-state index contributed by atoms with van der Waals surface area (Å²) in [6.45, 7) is 0. The molecule has 10 aromatic rings. The fourth-order valence-corrected chi connectivity index (χ4v) is 9.53. The second kappa shape index (κ2) is 10.3. The van der Waals surface area contributed by atoms with Gasteiger partial charge in [-0.05, 0) is 90.5 Å². The average molecular weight is 644 g/mol. The van der Waals surface area contributed by atoms with Crippen LogP contribution in [0.25, 0.3) is 93.2 Å². The summed E-state index contributed by atoms with van der Waals surface area (Å²) in [5.41, 5.74) is 12.1. The fourth-order valence-electron chi connectivity index (χ4n) is 8.21. The van der Waals surface area contributed by atoms with Crippen LogP contribution in [0.15, 0.2) is 146 Å². The van der Waals surface area contributed by atoms with Gasteiger partial charge in [-0.15, -0.1) is 11.3 Å². The number of aromatic nitrogens is 3. The van der Waals surface area contributed by atoms with E-state index in [1.54, 1.807) is 0 Å². The lowest BCUT2D eigenvalue weighted by molar-refractivity contribution is 1.01. The molecule has 4 aromatic heterocycles. The Morgan fingerprint density at radius 1 is 0.551 bits per heavy atom. The molecule has 0 spiro atoms. The lowest BCUT2D eigenvalue weighted by Gasteiger charge is -2.11. The Bertz CT molecular complexity index is 2950. The van der Waals surface area contributed by atoms with Crippen molar-refractivity contribution in [3.8, 4) is 22.5 Å². The molecule has 0 fully saturated rings. The minimum atomic E-state index is 1.00. The predicted molar refractivity (Wildman–Crippen MR) is 209 cm³/mol. The highest BCUT2D eigenvalue weighted by molar-refractivity contribution is 7.20. The van der Waals surface area contributed by atoms with E-state index in [1.165, 1.54) is 75.4 Å². The van der Waals surface area contributed by atoms with E-state index in [9.17, 15) is 0 Å². The number of allylic oxidation sites excluding steroid dienone is 1. The SMILES string of the molecule is C1=Cc2sc3c(-c4cnc5ccc(-n6c7ccccc7c7cc(-n8c9ccccc9c9ccccc98)ccc76)cc5c4)cccc3c2CC1. The number of hydrogen-bond acceptors (Lipinski definition) is 2. The maximum Gasteiger partial charge on any atom is 0.0703 e. The summed E-state index contributed by atoms with van der Waals surface area (Å²) in [5, 5.41) is 7.56. The van der Waals surface area contributed by atoms with Crippen molar-refractivity contribution in [1.82, 2.24) is 14.1 Å². The molecule has 0 unspecified atom stereocenters. The summed E-state index contributed by atoms with van der Waals surface area (Å²) in [6, 6.07) is 48.9. The Hall–Kier alpha value is -5.97. The molecule has 49 heavy (non-hydrogen) atoms. The lowest BCUT2D eigenvalue weighted by atomic mass is 9.98. The third-order valence-corrected chi connectivity index (χ3v) is 11.7. The third-order valence-electron chi connectivity index (χ3n) is 10.4. The van der Waals surface area contributed by atoms with Crippen molar-refractivity contribution < 1.29 is 0 Å². The van der Waals surface area contributed by atoms with Crippen LogP contribution in [0, 0.1) is 0 Å². The molecule has 0 saturated heterocycles. The molecule has 0 atom stereocenters. The van der Waals surface area contributed by atoms with Crippen molar-refractivity contribution in [2.45, 2.75) is 12.8 Å². The van der Waals surface area contributed by atoms with Crippen molar-refractivity contribution >= 4 is 82.0 Å². The minimum absolute atomic E-state index is 1.00. The number of nitrogens with zero attached hydrogens (tertiary/aromatic N) is 3. The van der Waals surface area contributed by atoms with Gasteiger partial charge in [-0.2, -0.15) is 0 Å². The molecule has 4 heteroatoms. The van der Waals surface area contributed by atoms with Crippen LogP contribution < -0.4 is 0 Å². The number of hydrogen-bond donors (Lipinski definition) is 0. The zero-order valence-electron chi connectivity index (χ0n) is 26.6. The largest absolute Gasteiger partial charge is 0.309 e. The predicted octanol–water partition coefficient (Wildman–Crippen LogP) is 12.3. The first-order chi connectivity index (χ1) is 24.3. The molecule has 3 nitrogen and oxygen atoms in total. The van der Waals surface area contributed by atoms with Gasteiger partial charge in [0.1, 0.15) is 0 Å². The van der Waals surface area contributed by atoms with E-state index in [2.05, 4.69) is 155 Å². The van der Waals surface area contributed by atoms with Crippen LogP contribution in [0.3, 0.4) is 0 Å². The molecule has 0 N–H and O–H groups in total. The molecule has 6 aromatic carbocycles. The van der Waals surface area contributed by atoms with Crippen molar-refractivity contribution in [3.63, 3.8) is 0 Å². The first-order valence-corrected chi connectivity index (χ1v) is 17.8. The van der Waals surface area contributed by atoms with E-state index in [1.807, 2.05) is 17.5 Å². The van der Waals surface area contributed by atoms with Gasteiger partial charge < -0.3 is 9.13 Å². The second-order valence-electron chi connectivity index (χ2n) is 13.1. The van der Waals surface area contributed by atoms with Gasteiger partial charge in [0.25, 0.3) is 0 Å². The Kier molecular flexibility index (Phi) is 5.66. The van der Waals surface area contributed by atoms with Crippen LogP contribution in [-0.2, 0) is 6.42 Å². The van der Waals surface area contributed by atoms with Crippen LogP contribution in [0.4, 0.5) is 0 Å². The molecule has 1 aliphatic carbocycles. The number of benzene rings is 6. The molecule has 11 rings (SSSR count). The highest BCUT2D eigenvalue weighted by atomic mass is 32.1. The fraction of sp³-hybridized carbons (Fsp3) is 0.0444. The standard InChI is InChI=1S/C45H29N3S/c1-5-16-40-33(10-1)34-11-2-6-17-41(34)48(40)31-21-23-43-38(26-31)35-12-3-7-18-42(35)47(43)30-20-22-39-28(25-30)24-29(27-46-39)32-14-9-15-37-36-13-4-8-19-44(36)49-45(32)37/h1-3,5-12,14-27H,4,13H2. The van der Waals surface area contributed by atoms with Crippen LogP contribution >= 0.6 is 11.3 Å². The van der Waals surface area contributed by atoms with Gasteiger partial charge in [-0.1, -0.05) is 78.9 Å².